The molecule has 240 valence electrons. The van der Waals surface area contributed by atoms with Gasteiger partial charge < -0.3 is 10.2 Å². The van der Waals surface area contributed by atoms with E-state index in [0.717, 1.165) is 42.1 Å². The molecule has 0 radical (unpaired) electrons. The van der Waals surface area contributed by atoms with Gasteiger partial charge in [-0.15, -0.1) is 0 Å². The van der Waals surface area contributed by atoms with E-state index in [2.05, 4.69) is 10.3 Å². The second kappa shape index (κ2) is 11.5. The molecule has 2 aliphatic rings. The molecule has 0 saturated carbocycles. The number of nitrogens with zero attached hydrogens (tertiary/aromatic N) is 4. The quantitative estimate of drug-likeness (QED) is 0.189. The lowest BCUT2D eigenvalue weighted by atomic mass is 9.77. The highest BCUT2D eigenvalue weighted by Crippen LogP contribution is 2.46. The van der Waals surface area contributed by atoms with Crippen LogP contribution in [-0.4, -0.2) is 40.3 Å². The Morgan fingerprint density at radius 2 is 1.38 bits per heavy atom. The highest BCUT2D eigenvalue weighted by molar-refractivity contribution is 6.03. The number of fused-ring (bicyclic) bond motifs is 1. The van der Waals surface area contributed by atoms with Crippen LogP contribution < -0.4 is 10.2 Å². The first-order valence-electron chi connectivity index (χ1n) is 16.1. The maximum Gasteiger partial charge on any atom is 0.433 e. The summed E-state index contributed by atoms with van der Waals surface area (Å²) in [5.74, 6) is 0.0799. The fourth-order valence-electron chi connectivity index (χ4n) is 7.59. The highest BCUT2D eigenvalue weighted by Gasteiger charge is 2.49. The Morgan fingerprint density at radius 3 is 1.94 bits per heavy atom. The summed E-state index contributed by atoms with van der Waals surface area (Å²) in [6.45, 7) is 2.03. The first kappa shape index (κ1) is 30.1. The number of hydrogen-bond acceptors (Lipinski definition) is 4. The van der Waals surface area contributed by atoms with Gasteiger partial charge >= 0.3 is 6.18 Å². The van der Waals surface area contributed by atoms with Crippen LogP contribution in [-0.2, 0) is 16.5 Å². The largest absolute Gasteiger partial charge is 0.433 e. The van der Waals surface area contributed by atoms with Crippen LogP contribution in [0.4, 0.5) is 18.9 Å². The summed E-state index contributed by atoms with van der Waals surface area (Å²) in [5, 5.41) is 9.23. The average Bonchev–Trinajstić information content (AvgIpc) is 3.84. The number of nitrogens with one attached hydrogen (secondary N) is 1. The zero-order valence-corrected chi connectivity index (χ0v) is 26.0. The molecule has 4 heterocycles. The van der Waals surface area contributed by atoms with Gasteiger partial charge in [0, 0.05) is 35.9 Å². The van der Waals surface area contributed by atoms with Crippen molar-refractivity contribution in [1.82, 2.24) is 20.1 Å². The number of benzene rings is 4. The molecule has 1 atom stereocenters. The number of anilines is 1. The van der Waals surface area contributed by atoms with Crippen LogP contribution in [0, 0.1) is 5.41 Å². The van der Waals surface area contributed by atoms with Crippen molar-refractivity contribution in [2.75, 3.05) is 24.5 Å². The van der Waals surface area contributed by atoms with E-state index in [9.17, 15) is 18.0 Å². The lowest BCUT2D eigenvalue weighted by molar-refractivity contribution is -0.141. The van der Waals surface area contributed by atoms with Crippen LogP contribution in [0.3, 0.4) is 0 Å². The molecule has 48 heavy (non-hydrogen) atoms. The van der Waals surface area contributed by atoms with Crippen LogP contribution in [0.2, 0.25) is 0 Å². The topological polar surface area (TPSA) is 63.1 Å². The molecule has 6 nitrogen and oxygen atoms in total. The minimum absolute atomic E-state index is 0.0799. The number of halogens is 3. The maximum atomic E-state index is 14.0. The monoisotopic (exact) mass is 643 g/mol. The number of rotatable bonds is 6. The number of carbonyl (C=O) groups is 1. The molecule has 8 rings (SSSR count). The molecule has 2 saturated heterocycles. The molecule has 0 unspecified atom stereocenters. The number of alkyl halides is 3. The van der Waals surface area contributed by atoms with Crippen molar-refractivity contribution in [3.63, 3.8) is 0 Å². The lowest BCUT2D eigenvalue weighted by Crippen LogP contribution is -2.38. The van der Waals surface area contributed by atoms with Gasteiger partial charge in [-0.05, 0) is 66.4 Å². The Hall–Kier alpha value is -5.28. The van der Waals surface area contributed by atoms with Crippen LogP contribution in [0.1, 0.15) is 35.2 Å². The molecule has 4 aromatic carbocycles. The Balaban J connectivity index is 1.43. The van der Waals surface area contributed by atoms with Crippen molar-refractivity contribution in [3.8, 4) is 11.3 Å². The van der Waals surface area contributed by atoms with Crippen molar-refractivity contribution in [2.45, 2.75) is 24.6 Å². The summed E-state index contributed by atoms with van der Waals surface area (Å²) < 4.78 is 43.9. The lowest BCUT2D eigenvalue weighted by Gasteiger charge is -2.37. The van der Waals surface area contributed by atoms with E-state index in [1.807, 2.05) is 119 Å². The molecule has 2 fully saturated rings. The van der Waals surface area contributed by atoms with Gasteiger partial charge in [0.05, 0.1) is 10.9 Å². The normalized spacial score (nSPS) is 18.3. The Bertz CT molecular complexity index is 2010. The maximum absolute atomic E-state index is 14.0. The number of aromatic nitrogens is 3. The van der Waals surface area contributed by atoms with Crippen molar-refractivity contribution < 1.29 is 18.0 Å². The third-order valence-corrected chi connectivity index (χ3v) is 9.95. The molecule has 6 aromatic rings. The van der Waals surface area contributed by atoms with Crippen molar-refractivity contribution in [2.24, 2.45) is 5.41 Å². The molecule has 2 aromatic heterocycles. The predicted molar refractivity (Wildman–Crippen MR) is 179 cm³/mol. The molecule has 1 amide bonds. The zero-order valence-electron chi connectivity index (χ0n) is 26.0. The van der Waals surface area contributed by atoms with Gasteiger partial charge in [0.15, 0.2) is 0 Å². The average molecular weight is 644 g/mol. The van der Waals surface area contributed by atoms with E-state index in [1.54, 1.807) is 6.07 Å². The molecular weight excluding hydrogens is 611 g/mol. The van der Waals surface area contributed by atoms with Crippen molar-refractivity contribution in [1.29, 1.82) is 0 Å². The van der Waals surface area contributed by atoms with Gasteiger partial charge in [0.2, 0.25) is 5.91 Å². The fourth-order valence-corrected chi connectivity index (χ4v) is 7.59. The van der Waals surface area contributed by atoms with Crippen LogP contribution in [0.15, 0.2) is 128 Å². The summed E-state index contributed by atoms with van der Waals surface area (Å²) in [4.78, 5) is 19.3. The molecule has 0 bridgehead atoms. The number of pyridine rings is 1. The number of carbonyl (C=O) groups excluding carboxylic acids is 1. The van der Waals surface area contributed by atoms with Crippen LogP contribution in [0.5, 0.6) is 0 Å². The van der Waals surface area contributed by atoms with Crippen LogP contribution >= 0.6 is 0 Å². The second-order valence-electron chi connectivity index (χ2n) is 12.6. The van der Waals surface area contributed by atoms with Gasteiger partial charge in [0.1, 0.15) is 16.9 Å². The van der Waals surface area contributed by atoms with E-state index in [0.29, 0.717) is 35.4 Å². The van der Waals surface area contributed by atoms with Gasteiger partial charge in [-0.2, -0.15) is 18.3 Å². The van der Waals surface area contributed by atoms with Crippen molar-refractivity contribution in [3.05, 3.63) is 150 Å². The molecule has 9 heteroatoms. The molecule has 2 aliphatic heterocycles. The Morgan fingerprint density at radius 1 is 0.750 bits per heavy atom. The van der Waals surface area contributed by atoms with E-state index in [-0.39, 0.29) is 11.5 Å². The van der Waals surface area contributed by atoms with E-state index in [4.69, 9.17) is 5.10 Å². The minimum atomic E-state index is -4.63. The van der Waals surface area contributed by atoms with Gasteiger partial charge in [-0.25, -0.2) is 4.68 Å². The number of hydrogen-bond donors (Lipinski definition) is 1. The third-order valence-electron chi connectivity index (χ3n) is 9.95. The zero-order chi connectivity index (χ0) is 32.9. The molecule has 1 N–H and O–H groups in total. The van der Waals surface area contributed by atoms with E-state index >= 15 is 0 Å². The van der Waals surface area contributed by atoms with E-state index in [1.165, 1.54) is 6.20 Å². The predicted octanol–water partition coefficient (Wildman–Crippen LogP) is 7.67. The Labute approximate surface area is 275 Å². The summed E-state index contributed by atoms with van der Waals surface area (Å²) in [7, 11) is 0. The molecular formula is C39H32F3N5O. The SMILES string of the molecule is O=C1N(c2ccc3c(c2)c(-c2ccnc(C(F)(F)F)c2)nn3C(c2ccccc2)(c2ccccc2)c2ccccc2)CC[C@]12CCNC2. The second-order valence-corrected chi connectivity index (χ2v) is 12.6. The smallest absolute Gasteiger partial charge is 0.316 e. The summed E-state index contributed by atoms with van der Waals surface area (Å²) in [6, 6.07) is 38.4. The van der Waals surface area contributed by atoms with Crippen molar-refractivity contribution >= 4 is 22.5 Å². The fraction of sp³-hybridized carbons (Fsp3) is 0.205. The standard InChI is InChI=1S/C39H32F3N5O/c40-39(41,42)34-24-27(18-21-44-34)35-32-25-31(46-23-20-37(36(46)48)19-22-43-26-37)16-17-33(32)47(45-35)38(28-10-4-1-5-11-28,29-12-6-2-7-13-29)30-14-8-3-9-15-30/h1-18,21,24-25,43H,19-20,22-23,26H2/t37-/m0/s1. The third kappa shape index (κ3) is 4.72. The summed E-state index contributed by atoms with van der Waals surface area (Å²) in [6.07, 6.45) is -1.92. The molecule has 0 aliphatic carbocycles. The first-order valence-corrected chi connectivity index (χ1v) is 16.1. The summed E-state index contributed by atoms with van der Waals surface area (Å²) in [5.41, 5.74) is 2.43. The van der Waals surface area contributed by atoms with Gasteiger partial charge in [-0.3, -0.25) is 9.78 Å². The first-order chi connectivity index (χ1) is 23.3. The number of amides is 1. The van der Waals surface area contributed by atoms with E-state index < -0.39 is 22.8 Å². The Kier molecular flexibility index (Phi) is 7.18. The molecule has 1 spiro atoms. The van der Waals surface area contributed by atoms with Crippen LogP contribution in [0.25, 0.3) is 22.2 Å². The van der Waals surface area contributed by atoms with Gasteiger partial charge in [-0.1, -0.05) is 91.0 Å². The summed E-state index contributed by atoms with van der Waals surface area (Å²) >= 11 is 0. The van der Waals surface area contributed by atoms with Gasteiger partial charge in [0.25, 0.3) is 0 Å². The minimum Gasteiger partial charge on any atom is -0.316 e. The highest BCUT2D eigenvalue weighted by atomic mass is 19.4.